The van der Waals surface area contributed by atoms with Gasteiger partial charge in [0.25, 0.3) is 0 Å². The zero-order chi connectivity index (χ0) is 11.4. The monoisotopic (exact) mass is 222 g/mol. The minimum atomic E-state index is -4.49. The summed E-state index contributed by atoms with van der Waals surface area (Å²) in [6.07, 6.45) is -13.5. The van der Waals surface area contributed by atoms with E-state index in [1.165, 1.54) is 0 Å². The van der Waals surface area contributed by atoms with Gasteiger partial charge >= 0.3 is 12.4 Å². The summed E-state index contributed by atoms with van der Waals surface area (Å²) >= 11 is 0. The predicted molar refractivity (Wildman–Crippen MR) is 35.6 cm³/mol. The number of hydrogen-bond acceptors (Lipinski definition) is 1. The first-order valence-electron chi connectivity index (χ1n) is 3.75. The molecule has 0 amide bonds. The molecule has 0 aliphatic carbocycles. The number of halogens is 6. The molecule has 0 aliphatic heterocycles. The van der Waals surface area contributed by atoms with Gasteiger partial charge in [0, 0.05) is 12.8 Å². The molecule has 0 atom stereocenters. The largest absolute Gasteiger partial charge is 0.389 e. The van der Waals surface area contributed by atoms with E-state index < -0.39 is 43.8 Å². The average Bonchev–Trinajstić information content (AvgIpc) is 1.94. The van der Waals surface area contributed by atoms with Crippen LogP contribution in [-0.2, 0) is 4.79 Å². The molecule has 0 spiro atoms. The van der Waals surface area contributed by atoms with E-state index >= 15 is 0 Å². The molecule has 0 aromatic heterocycles. The summed E-state index contributed by atoms with van der Waals surface area (Å²) in [5.74, 6) is -1.01. The molecule has 7 heteroatoms. The van der Waals surface area contributed by atoms with Crippen LogP contribution in [0.5, 0.6) is 0 Å². The van der Waals surface area contributed by atoms with Crippen LogP contribution < -0.4 is 0 Å². The van der Waals surface area contributed by atoms with Gasteiger partial charge < -0.3 is 0 Å². The first kappa shape index (κ1) is 13.2. The molecule has 84 valence electrons. The maximum Gasteiger partial charge on any atom is 0.389 e. The molecule has 0 heterocycles. The number of Topliss-reactive ketones (excluding diaryl/α,β-unsaturated/α-hetero) is 1. The molecule has 0 saturated carbocycles. The number of rotatable bonds is 4. The minimum Gasteiger partial charge on any atom is -0.300 e. The third-order valence-corrected chi connectivity index (χ3v) is 1.37. The third kappa shape index (κ3) is 9.34. The van der Waals surface area contributed by atoms with E-state index in [0.29, 0.717) is 0 Å². The third-order valence-electron chi connectivity index (χ3n) is 1.37. The first-order valence-corrected chi connectivity index (χ1v) is 3.75. The highest BCUT2D eigenvalue weighted by Gasteiger charge is 2.30. The zero-order valence-corrected chi connectivity index (χ0v) is 7.00. The minimum absolute atomic E-state index is 0.875. The van der Waals surface area contributed by atoms with Crippen LogP contribution >= 0.6 is 0 Å². The normalized spacial score (nSPS) is 13.0. The van der Waals surface area contributed by atoms with E-state index in [9.17, 15) is 31.1 Å². The molecule has 0 aliphatic rings. The Hall–Kier alpha value is -0.750. The number of alkyl halides is 6. The summed E-state index contributed by atoms with van der Waals surface area (Å²) in [5, 5.41) is 0. The number of carbonyl (C=O) groups is 1. The second-order valence-corrected chi connectivity index (χ2v) is 2.77. The van der Waals surface area contributed by atoms with Crippen molar-refractivity contribution in [2.24, 2.45) is 0 Å². The van der Waals surface area contributed by atoms with Gasteiger partial charge in [-0.3, -0.25) is 4.79 Å². The lowest BCUT2D eigenvalue weighted by molar-refractivity contribution is -0.149. The lowest BCUT2D eigenvalue weighted by Crippen LogP contribution is -2.14. The highest BCUT2D eigenvalue weighted by atomic mass is 19.4. The van der Waals surface area contributed by atoms with Crippen molar-refractivity contribution in [3.05, 3.63) is 0 Å². The van der Waals surface area contributed by atoms with Crippen molar-refractivity contribution in [1.82, 2.24) is 0 Å². The van der Waals surface area contributed by atoms with Crippen molar-refractivity contribution in [3.8, 4) is 0 Å². The fourth-order valence-corrected chi connectivity index (χ4v) is 0.687. The summed E-state index contributed by atoms with van der Waals surface area (Å²) in [6.45, 7) is 0. The Morgan fingerprint density at radius 1 is 0.786 bits per heavy atom. The van der Waals surface area contributed by atoms with E-state index in [0.717, 1.165) is 0 Å². The standard InChI is InChI=1S/C7H8F6O/c8-6(9,10)3-1-5(14)2-4-7(11,12)13/h1-4H2. The molecule has 0 N–H and O–H groups in total. The van der Waals surface area contributed by atoms with E-state index in [2.05, 4.69) is 0 Å². The molecule has 0 aromatic rings. The fraction of sp³-hybridized carbons (Fsp3) is 0.857. The highest BCUT2D eigenvalue weighted by Crippen LogP contribution is 2.24. The maximum atomic E-state index is 11.5. The second-order valence-electron chi connectivity index (χ2n) is 2.77. The Bertz CT molecular complexity index is 171. The topological polar surface area (TPSA) is 17.1 Å². The van der Waals surface area contributed by atoms with Crippen LogP contribution in [0.4, 0.5) is 26.3 Å². The lowest BCUT2D eigenvalue weighted by atomic mass is 10.1. The summed E-state index contributed by atoms with van der Waals surface area (Å²) in [4.78, 5) is 10.5. The summed E-state index contributed by atoms with van der Waals surface area (Å²) < 4.78 is 69.1. The van der Waals surface area contributed by atoms with Crippen molar-refractivity contribution < 1.29 is 31.1 Å². The van der Waals surface area contributed by atoms with Gasteiger partial charge in [-0.15, -0.1) is 0 Å². The molecule has 1 nitrogen and oxygen atoms in total. The fourth-order valence-electron chi connectivity index (χ4n) is 0.687. The summed E-state index contributed by atoms with van der Waals surface area (Å²) in [6, 6.07) is 0. The molecule has 0 fully saturated rings. The van der Waals surface area contributed by atoms with Crippen LogP contribution in [0.15, 0.2) is 0 Å². The van der Waals surface area contributed by atoms with Crippen LogP contribution in [-0.4, -0.2) is 18.1 Å². The SMILES string of the molecule is O=C(CCC(F)(F)F)CCC(F)(F)F. The van der Waals surface area contributed by atoms with Gasteiger partial charge in [-0.05, 0) is 0 Å². The number of hydrogen-bond donors (Lipinski definition) is 0. The van der Waals surface area contributed by atoms with Gasteiger partial charge in [0.05, 0.1) is 12.8 Å². The van der Waals surface area contributed by atoms with Crippen molar-refractivity contribution >= 4 is 5.78 Å². The van der Waals surface area contributed by atoms with Crippen LogP contribution in [0.1, 0.15) is 25.7 Å². The van der Waals surface area contributed by atoms with Gasteiger partial charge in [-0.1, -0.05) is 0 Å². The second kappa shape index (κ2) is 4.65. The zero-order valence-electron chi connectivity index (χ0n) is 7.00. The molecule has 0 bridgehead atoms. The molecule has 0 rings (SSSR count). The Morgan fingerprint density at radius 3 is 1.29 bits per heavy atom. The van der Waals surface area contributed by atoms with Gasteiger partial charge in [0.2, 0.25) is 0 Å². The average molecular weight is 222 g/mol. The molecule has 14 heavy (non-hydrogen) atoms. The van der Waals surface area contributed by atoms with Crippen LogP contribution in [0.25, 0.3) is 0 Å². The molecule has 0 saturated heterocycles. The van der Waals surface area contributed by atoms with Crippen molar-refractivity contribution in [1.29, 1.82) is 0 Å². The Kier molecular flexibility index (Phi) is 4.41. The lowest BCUT2D eigenvalue weighted by Gasteiger charge is -2.06. The van der Waals surface area contributed by atoms with Crippen LogP contribution in [0, 0.1) is 0 Å². The summed E-state index contributed by atoms with van der Waals surface area (Å²) in [5.41, 5.74) is 0. The maximum absolute atomic E-state index is 11.5. The first-order chi connectivity index (χ1) is 6.10. The van der Waals surface area contributed by atoms with Crippen molar-refractivity contribution in [2.75, 3.05) is 0 Å². The van der Waals surface area contributed by atoms with Crippen LogP contribution in [0.3, 0.4) is 0 Å². The highest BCUT2D eigenvalue weighted by molar-refractivity contribution is 5.78. The predicted octanol–water partition coefficient (Wildman–Crippen LogP) is 3.24. The molecule has 0 unspecified atom stereocenters. The Labute approximate surface area is 76.1 Å². The summed E-state index contributed by atoms with van der Waals surface area (Å²) in [7, 11) is 0. The quantitative estimate of drug-likeness (QED) is 0.667. The number of carbonyl (C=O) groups excluding carboxylic acids is 1. The van der Waals surface area contributed by atoms with Crippen LogP contribution in [0.2, 0.25) is 0 Å². The van der Waals surface area contributed by atoms with Gasteiger partial charge in [0.15, 0.2) is 0 Å². The Morgan fingerprint density at radius 2 is 1.07 bits per heavy atom. The molecule has 0 aromatic carbocycles. The van der Waals surface area contributed by atoms with Gasteiger partial charge in [0.1, 0.15) is 5.78 Å². The van der Waals surface area contributed by atoms with Gasteiger partial charge in [-0.25, -0.2) is 0 Å². The smallest absolute Gasteiger partial charge is 0.300 e. The van der Waals surface area contributed by atoms with E-state index in [4.69, 9.17) is 0 Å². The van der Waals surface area contributed by atoms with Gasteiger partial charge in [-0.2, -0.15) is 26.3 Å². The Balaban J connectivity index is 3.68. The van der Waals surface area contributed by atoms with Crippen molar-refractivity contribution in [2.45, 2.75) is 38.0 Å². The molecule has 0 radical (unpaired) electrons. The molecular formula is C7H8F6O. The molecular weight excluding hydrogens is 214 g/mol. The van der Waals surface area contributed by atoms with E-state index in [1.54, 1.807) is 0 Å². The van der Waals surface area contributed by atoms with E-state index in [1.807, 2.05) is 0 Å². The van der Waals surface area contributed by atoms with E-state index in [-0.39, 0.29) is 0 Å². The number of ketones is 1. The van der Waals surface area contributed by atoms with Crippen molar-refractivity contribution in [3.63, 3.8) is 0 Å².